The number of sulfone groups is 1. The van der Waals surface area contributed by atoms with Crippen LogP contribution in [0, 0.1) is 13.8 Å². The van der Waals surface area contributed by atoms with Crippen molar-refractivity contribution in [2.45, 2.75) is 40.0 Å². The number of carbonyl (C=O) groups excluding carboxylic acids is 1. The number of Topliss-reactive ketones (excluding diaryl/α,β-unsaturated/α-hetero) is 1. The quantitative estimate of drug-likeness (QED) is 0.759. The molecule has 0 unspecified atom stereocenters. The standard InChI is InChI=1S/C13H22N2O3S/c1-5-19(17,18)8-6-7-12(16)9-13-10(2)14-15(4)11(13)3/h5-9H2,1-4H3. The highest BCUT2D eigenvalue weighted by molar-refractivity contribution is 7.91. The summed E-state index contributed by atoms with van der Waals surface area (Å²) in [5.74, 6) is 0.313. The first-order chi connectivity index (χ1) is 8.76. The van der Waals surface area contributed by atoms with E-state index in [1.807, 2.05) is 20.9 Å². The summed E-state index contributed by atoms with van der Waals surface area (Å²) < 4.78 is 24.4. The van der Waals surface area contributed by atoms with Crippen LogP contribution in [0.2, 0.25) is 0 Å². The molecule has 0 aliphatic heterocycles. The number of aryl methyl sites for hydroxylation is 2. The van der Waals surface area contributed by atoms with Gasteiger partial charge in [-0.1, -0.05) is 6.92 Å². The highest BCUT2D eigenvalue weighted by Gasteiger charge is 2.14. The highest BCUT2D eigenvalue weighted by Crippen LogP contribution is 2.14. The lowest BCUT2D eigenvalue weighted by atomic mass is 10.0. The largest absolute Gasteiger partial charge is 0.299 e. The topological polar surface area (TPSA) is 69.0 Å². The zero-order valence-corrected chi connectivity index (χ0v) is 12.9. The first-order valence-electron chi connectivity index (χ1n) is 6.48. The van der Waals surface area contributed by atoms with Crippen molar-refractivity contribution < 1.29 is 13.2 Å². The minimum Gasteiger partial charge on any atom is -0.299 e. The Hall–Kier alpha value is -1.17. The fraction of sp³-hybridized carbons (Fsp3) is 0.692. The molecule has 0 saturated carbocycles. The Morgan fingerprint density at radius 2 is 1.95 bits per heavy atom. The molecule has 0 fully saturated rings. The van der Waals surface area contributed by atoms with Crippen molar-refractivity contribution in [1.82, 2.24) is 9.78 Å². The van der Waals surface area contributed by atoms with Crippen LogP contribution < -0.4 is 0 Å². The molecule has 1 heterocycles. The normalized spacial score (nSPS) is 11.8. The SMILES string of the molecule is CCS(=O)(=O)CCCC(=O)Cc1c(C)nn(C)c1C. The number of carbonyl (C=O) groups is 1. The Balaban J connectivity index is 2.53. The average molecular weight is 286 g/mol. The number of hydrogen-bond acceptors (Lipinski definition) is 4. The van der Waals surface area contributed by atoms with Crippen molar-refractivity contribution in [3.8, 4) is 0 Å². The van der Waals surface area contributed by atoms with E-state index in [1.54, 1.807) is 11.6 Å². The molecule has 108 valence electrons. The highest BCUT2D eigenvalue weighted by atomic mass is 32.2. The van der Waals surface area contributed by atoms with E-state index in [-0.39, 0.29) is 17.3 Å². The third kappa shape index (κ3) is 4.45. The average Bonchev–Trinajstić information content (AvgIpc) is 2.56. The van der Waals surface area contributed by atoms with Gasteiger partial charge in [0, 0.05) is 36.9 Å². The summed E-state index contributed by atoms with van der Waals surface area (Å²) in [6.07, 6.45) is 1.07. The molecule has 0 aliphatic carbocycles. The molecule has 0 aliphatic rings. The number of nitrogens with zero attached hydrogens (tertiary/aromatic N) is 2. The van der Waals surface area contributed by atoms with Crippen LogP contribution >= 0.6 is 0 Å². The van der Waals surface area contributed by atoms with Crippen LogP contribution in [0.4, 0.5) is 0 Å². The fourth-order valence-corrected chi connectivity index (χ4v) is 2.87. The Labute approximate surface area is 114 Å². The van der Waals surface area contributed by atoms with Gasteiger partial charge in [-0.05, 0) is 20.3 Å². The predicted octanol–water partition coefficient (Wildman–Crippen LogP) is 1.36. The Bertz CT molecular complexity index is 559. The number of hydrogen-bond donors (Lipinski definition) is 0. The van der Waals surface area contributed by atoms with Crippen molar-refractivity contribution in [1.29, 1.82) is 0 Å². The summed E-state index contributed by atoms with van der Waals surface area (Å²) in [6.45, 7) is 5.45. The summed E-state index contributed by atoms with van der Waals surface area (Å²) in [7, 11) is -1.12. The van der Waals surface area contributed by atoms with Crippen LogP contribution in [-0.4, -0.2) is 35.5 Å². The van der Waals surface area contributed by atoms with E-state index in [0.717, 1.165) is 17.0 Å². The molecule has 0 spiro atoms. The molecular weight excluding hydrogens is 264 g/mol. The summed E-state index contributed by atoms with van der Waals surface area (Å²) in [4.78, 5) is 11.9. The molecule has 0 amide bonds. The number of aromatic nitrogens is 2. The van der Waals surface area contributed by atoms with Gasteiger partial charge in [0.05, 0.1) is 11.4 Å². The van der Waals surface area contributed by atoms with Crippen molar-refractivity contribution in [3.05, 3.63) is 17.0 Å². The van der Waals surface area contributed by atoms with Crippen molar-refractivity contribution in [2.24, 2.45) is 7.05 Å². The van der Waals surface area contributed by atoms with Crippen molar-refractivity contribution >= 4 is 15.6 Å². The molecule has 0 atom stereocenters. The monoisotopic (exact) mass is 286 g/mol. The van der Waals surface area contributed by atoms with E-state index in [2.05, 4.69) is 5.10 Å². The van der Waals surface area contributed by atoms with Crippen LogP contribution in [0.25, 0.3) is 0 Å². The first kappa shape index (κ1) is 15.9. The van der Waals surface area contributed by atoms with Gasteiger partial charge in [0.15, 0.2) is 0 Å². The maximum Gasteiger partial charge on any atom is 0.150 e. The lowest BCUT2D eigenvalue weighted by molar-refractivity contribution is -0.118. The van der Waals surface area contributed by atoms with E-state index in [0.29, 0.717) is 19.3 Å². The first-order valence-corrected chi connectivity index (χ1v) is 8.30. The fourth-order valence-electron chi connectivity index (χ4n) is 1.99. The molecule has 19 heavy (non-hydrogen) atoms. The Kier molecular flexibility index (Phi) is 5.29. The van der Waals surface area contributed by atoms with Gasteiger partial charge in [-0.15, -0.1) is 0 Å². The Morgan fingerprint density at radius 3 is 2.42 bits per heavy atom. The van der Waals surface area contributed by atoms with Gasteiger partial charge in [-0.25, -0.2) is 8.42 Å². The second kappa shape index (κ2) is 6.32. The maximum absolute atomic E-state index is 11.9. The van der Waals surface area contributed by atoms with E-state index < -0.39 is 9.84 Å². The van der Waals surface area contributed by atoms with Gasteiger partial charge >= 0.3 is 0 Å². The lowest BCUT2D eigenvalue weighted by Crippen LogP contribution is -2.11. The van der Waals surface area contributed by atoms with Crippen molar-refractivity contribution in [3.63, 3.8) is 0 Å². The predicted molar refractivity (Wildman–Crippen MR) is 75.0 cm³/mol. The van der Waals surface area contributed by atoms with Gasteiger partial charge in [0.1, 0.15) is 15.6 Å². The molecule has 1 aromatic rings. The maximum atomic E-state index is 11.9. The van der Waals surface area contributed by atoms with E-state index in [9.17, 15) is 13.2 Å². The van der Waals surface area contributed by atoms with E-state index in [4.69, 9.17) is 0 Å². The number of rotatable bonds is 7. The molecule has 0 aromatic carbocycles. The minimum absolute atomic E-state index is 0.0745. The zero-order chi connectivity index (χ0) is 14.6. The lowest BCUT2D eigenvalue weighted by Gasteiger charge is -2.03. The van der Waals surface area contributed by atoms with Crippen LogP contribution in [0.5, 0.6) is 0 Å². The molecule has 0 radical (unpaired) electrons. The summed E-state index contributed by atoms with van der Waals surface area (Å²) in [5.41, 5.74) is 2.83. The molecule has 6 heteroatoms. The number of ketones is 1. The molecular formula is C13H22N2O3S. The summed E-state index contributed by atoms with van der Waals surface area (Å²) >= 11 is 0. The summed E-state index contributed by atoms with van der Waals surface area (Å²) in [6, 6.07) is 0. The molecule has 1 aromatic heterocycles. The van der Waals surface area contributed by atoms with Gasteiger partial charge < -0.3 is 0 Å². The van der Waals surface area contributed by atoms with Crippen LogP contribution in [0.15, 0.2) is 0 Å². The van der Waals surface area contributed by atoms with Gasteiger partial charge in [0.2, 0.25) is 0 Å². The second-order valence-electron chi connectivity index (χ2n) is 4.83. The van der Waals surface area contributed by atoms with Gasteiger partial charge in [-0.3, -0.25) is 9.48 Å². The van der Waals surface area contributed by atoms with Gasteiger partial charge in [-0.2, -0.15) is 5.10 Å². The van der Waals surface area contributed by atoms with Crippen LogP contribution in [-0.2, 0) is 28.1 Å². The second-order valence-corrected chi connectivity index (χ2v) is 7.30. The summed E-state index contributed by atoms with van der Waals surface area (Å²) in [5, 5.41) is 4.27. The van der Waals surface area contributed by atoms with Gasteiger partial charge in [0.25, 0.3) is 0 Å². The Morgan fingerprint density at radius 1 is 1.32 bits per heavy atom. The van der Waals surface area contributed by atoms with Crippen LogP contribution in [0.3, 0.4) is 0 Å². The van der Waals surface area contributed by atoms with Crippen LogP contribution in [0.1, 0.15) is 36.7 Å². The molecule has 0 N–H and O–H groups in total. The molecule has 5 nitrogen and oxygen atoms in total. The van der Waals surface area contributed by atoms with Crippen molar-refractivity contribution in [2.75, 3.05) is 11.5 Å². The molecule has 1 rings (SSSR count). The van der Waals surface area contributed by atoms with E-state index in [1.165, 1.54) is 0 Å². The zero-order valence-electron chi connectivity index (χ0n) is 12.1. The minimum atomic E-state index is -2.97. The molecule has 0 saturated heterocycles. The van der Waals surface area contributed by atoms with E-state index >= 15 is 0 Å². The third-order valence-corrected chi connectivity index (χ3v) is 5.17. The molecule has 0 bridgehead atoms. The third-order valence-electron chi connectivity index (χ3n) is 3.38. The smallest absolute Gasteiger partial charge is 0.150 e.